The smallest absolute Gasteiger partial charge is 0.253 e. The first-order valence-corrected chi connectivity index (χ1v) is 8.84. The highest BCUT2D eigenvalue weighted by Crippen LogP contribution is 2.19. The molecule has 2 aromatic carbocycles. The van der Waals surface area contributed by atoms with Gasteiger partial charge in [0.15, 0.2) is 0 Å². The molecule has 0 bridgehead atoms. The van der Waals surface area contributed by atoms with Crippen molar-refractivity contribution in [3.63, 3.8) is 0 Å². The van der Waals surface area contributed by atoms with E-state index in [1.165, 1.54) is 12.1 Å². The second kappa shape index (κ2) is 7.04. The van der Waals surface area contributed by atoms with Gasteiger partial charge in [-0.1, -0.05) is 0 Å². The van der Waals surface area contributed by atoms with Gasteiger partial charge in [0.2, 0.25) is 0 Å². The molecule has 1 fully saturated rings. The molecule has 0 N–H and O–H groups in total. The standard InChI is InChI=1S/C18H19FN2OS/c1-23-17-8-2-14(3-9-17)18(22)21-12-10-20(11-13-21)16-6-4-15(19)5-7-16/h2-9H,10-13H2,1H3. The van der Waals surface area contributed by atoms with Crippen molar-refractivity contribution < 1.29 is 9.18 Å². The Bertz CT molecular complexity index is 664. The van der Waals surface area contributed by atoms with Crippen molar-refractivity contribution in [2.24, 2.45) is 0 Å². The van der Waals surface area contributed by atoms with E-state index in [2.05, 4.69) is 4.90 Å². The fraction of sp³-hybridized carbons (Fsp3) is 0.278. The van der Waals surface area contributed by atoms with E-state index in [9.17, 15) is 9.18 Å². The molecule has 3 nitrogen and oxygen atoms in total. The van der Waals surface area contributed by atoms with Gasteiger partial charge >= 0.3 is 0 Å². The lowest BCUT2D eigenvalue weighted by Gasteiger charge is -2.36. The molecule has 120 valence electrons. The van der Waals surface area contributed by atoms with Crippen LogP contribution in [0.2, 0.25) is 0 Å². The summed E-state index contributed by atoms with van der Waals surface area (Å²) >= 11 is 1.67. The van der Waals surface area contributed by atoms with Crippen LogP contribution in [0.5, 0.6) is 0 Å². The van der Waals surface area contributed by atoms with Crippen LogP contribution in [0.3, 0.4) is 0 Å². The maximum absolute atomic E-state index is 13.0. The van der Waals surface area contributed by atoms with Crippen LogP contribution in [0.4, 0.5) is 10.1 Å². The van der Waals surface area contributed by atoms with Gasteiger partial charge in [-0.2, -0.15) is 0 Å². The third-order valence-electron chi connectivity index (χ3n) is 4.10. The lowest BCUT2D eigenvalue weighted by atomic mass is 10.1. The lowest BCUT2D eigenvalue weighted by Crippen LogP contribution is -2.48. The molecule has 23 heavy (non-hydrogen) atoms. The molecule has 0 aliphatic carbocycles. The highest BCUT2D eigenvalue weighted by Gasteiger charge is 2.22. The summed E-state index contributed by atoms with van der Waals surface area (Å²) in [6.07, 6.45) is 2.02. The number of carbonyl (C=O) groups is 1. The molecular weight excluding hydrogens is 311 g/mol. The van der Waals surface area contributed by atoms with Gasteiger partial charge in [-0.25, -0.2) is 4.39 Å². The summed E-state index contributed by atoms with van der Waals surface area (Å²) in [6.45, 7) is 2.89. The average Bonchev–Trinajstić information content (AvgIpc) is 2.62. The average molecular weight is 330 g/mol. The summed E-state index contributed by atoms with van der Waals surface area (Å²) in [6, 6.07) is 14.3. The monoisotopic (exact) mass is 330 g/mol. The minimum atomic E-state index is -0.226. The molecule has 0 atom stereocenters. The zero-order valence-electron chi connectivity index (χ0n) is 13.0. The van der Waals surface area contributed by atoms with Crippen molar-refractivity contribution in [2.75, 3.05) is 37.3 Å². The number of rotatable bonds is 3. The predicted molar refractivity (Wildman–Crippen MR) is 92.7 cm³/mol. The fourth-order valence-corrected chi connectivity index (χ4v) is 3.14. The van der Waals surface area contributed by atoms with Crippen molar-refractivity contribution in [1.82, 2.24) is 4.90 Å². The highest BCUT2D eigenvalue weighted by molar-refractivity contribution is 7.98. The Balaban J connectivity index is 1.61. The molecule has 1 heterocycles. The summed E-state index contributed by atoms with van der Waals surface area (Å²) in [5, 5.41) is 0. The molecule has 1 saturated heterocycles. The summed E-state index contributed by atoms with van der Waals surface area (Å²) in [5.41, 5.74) is 1.74. The Morgan fingerprint density at radius 2 is 1.57 bits per heavy atom. The molecule has 0 aromatic heterocycles. The number of carbonyl (C=O) groups excluding carboxylic acids is 1. The number of thioether (sulfide) groups is 1. The van der Waals surface area contributed by atoms with E-state index >= 15 is 0 Å². The van der Waals surface area contributed by atoms with E-state index in [4.69, 9.17) is 0 Å². The minimum absolute atomic E-state index is 0.0800. The van der Waals surface area contributed by atoms with Crippen LogP contribution in [-0.4, -0.2) is 43.2 Å². The van der Waals surface area contributed by atoms with Crippen molar-refractivity contribution in [3.05, 3.63) is 59.9 Å². The van der Waals surface area contributed by atoms with Crippen molar-refractivity contribution in [3.8, 4) is 0 Å². The van der Waals surface area contributed by atoms with Crippen LogP contribution in [0, 0.1) is 5.82 Å². The molecule has 5 heteroatoms. The van der Waals surface area contributed by atoms with Gasteiger partial charge < -0.3 is 9.80 Å². The number of hydrogen-bond donors (Lipinski definition) is 0. The zero-order chi connectivity index (χ0) is 16.2. The molecule has 1 amide bonds. The maximum Gasteiger partial charge on any atom is 0.253 e. The number of amides is 1. The summed E-state index contributed by atoms with van der Waals surface area (Å²) in [7, 11) is 0. The Hall–Kier alpha value is -2.01. The molecule has 0 spiro atoms. The van der Waals surface area contributed by atoms with E-state index < -0.39 is 0 Å². The second-order valence-electron chi connectivity index (χ2n) is 5.48. The first kappa shape index (κ1) is 15.9. The number of anilines is 1. The van der Waals surface area contributed by atoms with Gasteiger partial charge in [0.05, 0.1) is 0 Å². The molecule has 3 rings (SSSR count). The van der Waals surface area contributed by atoms with Gasteiger partial charge in [-0.15, -0.1) is 11.8 Å². The van der Waals surface area contributed by atoms with Gasteiger partial charge in [0.1, 0.15) is 5.82 Å². The van der Waals surface area contributed by atoms with E-state index in [1.54, 1.807) is 23.9 Å². The van der Waals surface area contributed by atoms with Crippen LogP contribution < -0.4 is 4.90 Å². The summed E-state index contributed by atoms with van der Waals surface area (Å²) in [4.78, 5) is 17.8. The van der Waals surface area contributed by atoms with Crippen LogP contribution >= 0.6 is 11.8 Å². The number of halogens is 1. The highest BCUT2D eigenvalue weighted by atomic mass is 32.2. The predicted octanol–water partition coefficient (Wildman–Crippen LogP) is 3.51. The normalized spacial score (nSPS) is 14.9. The Morgan fingerprint density at radius 1 is 0.957 bits per heavy atom. The molecule has 0 radical (unpaired) electrons. The van der Waals surface area contributed by atoms with Crippen LogP contribution in [-0.2, 0) is 0 Å². The van der Waals surface area contributed by atoms with Gasteiger partial charge in [-0.3, -0.25) is 4.79 Å². The molecular formula is C18H19FN2OS. The zero-order valence-corrected chi connectivity index (χ0v) is 13.9. The largest absolute Gasteiger partial charge is 0.368 e. The van der Waals surface area contributed by atoms with Crippen molar-refractivity contribution >= 4 is 23.4 Å². The van der Waals surface area contributed by atoms with E-state index in [-0.39, 0.29) is 11.7 Å². The Kier molecular flexibility index (Phi) is 4.86. The third kappa shape index (κ3) is 3.67. The molecule has 0 saturated carbocycles. The van der Waals surface area contributed by atoms with Crippen molar-refractivity contribution in [1.29, 1.82) is 0 Å². The van der Waals surface area contributed by atoms with Gasteiger partial charge in [0.25, 0.3) is 5.91 Å². The summed E-state index contributed by atoms with van der Waals surface area (Å²) < 4.78 is 13.0. The number of nitrogens with zero attached hydrogens (tertiary/aromatic N) is 2. The lowest BCUT2D eigenvalue weighted by molar-refractivity contribution is 0.0746. The second-order valence-corrected chi connectivity index (χ2v) is 6.36. The van der Waals surface area contributed by atoms with Gasteiger partial charge in [-0.05, 0) is 54.8 Å². The minimum Gasteiger partial charge on any atom is -0.368 e. The van der Waals surface area contributed by atoms with Crippen LogP contribution in [0.1, 0.15) is 10.4 Å². The topological polar surface area (TPSA) is 23.6 Å². The van der Waals surface area contributed by atoms with E-state index in [1.807, 2.05) is 35.4 Å². The first-order chi connectivity index (χ1) is 11.2. The van der Waals surface area contributed by atoms with Crippen LogP contribution in [0.25, 0.3) is 0 Å². The first-order valence-electron chi connectivity index (χ1n) is 7.61. The Labute approximate surface area is 140 Å². The third-order valence-corrected chi connectivity index (χ3v) is 4.84. The maximum atomic E-state index is 13.0. The van der Waals surface area contributed by atoms with E-state index in [0.29, 0.717) is 13.1 Å². The van der Waals surface area contributed by atoms with Crippen molar-refractivity contribution in [2.45, 2.75) is 4.90 Å². The molecule has 1 aliphatic heterocycles. The number of piperazine rings is 1. The fourth-order valence-electron chi connectivity index (χ4n) is 2.74. The number of benzene rings is 2. The quantitative estimate of drug-likeness (QED) is 0.805. The molecule has 1 aliphatic rings. The molecule has 2 aromatic rings. The summed E-state index contributed by atoms with van der Waals surface area (Å²) in [5.74, 6) is -0.146. The van der Waals surface area contributed by atoms with Crippen LogP contribution in [0.15, 0.2) is 53.4 Å². The Morgan fingerprint density at radius 3 is 2.13 bits per heavy atom. The molecule has 0 unspecified atom stereocenters. The van der Waals surface area contributed by atoms with E-state index in [0.717, 1.165) is 29.2 Å². The SMILES string of the molecule is CSc1ccc(C(=O)N2CCN(c3ccc(F)cc3)CC2)cc1. The number of hydrogen-bond acceptors (Lipinski definition) is 3. The van der Waals surface area contributed by atoms with Gasteiger partial charge in [0, 0.05) is 42.3 Å².